The third-order valence-electron chi connectivity index (χ3n) is 3.71. The number of carboxylic acids is 2. The van der Waals surface area contributed by atoms with Crippen LogP contribution in [0.1, 0.15) is 47.5 Å². The number of nitrogens with zero attached hydrogens (tertiary/aromatic N) is 1. The van der Waals surface area contributed by atoms with E-state index in [9.17, 15) is 14.7 Å². The van der Waals surface area contributed by atoms with Crippen LogP contribution < -0.4 is 5.11 Å². The van der Waals surface area contributed by atoms with Crippen molar-refractivity contribution >= 4 is 11.9 Å². The van der Waals surface area contributed by atoms with Crippen molar-refractivity contribution < 1.29 is 24.3 Å². The maximum atomic E-state index is 9.39. The Morgan fingerprint density at radius 2 is 1.50 bits per heavy atom. The molecule has 0 aliphatic rings. The van der Waals surface area contributed by atoms with Crippen LogP contribution in [0.25, 0.3) is 0 Å². The summed E-state index contributed by atoms with van der Waals surface area (Å²) in [6, 6.07) is 0.829. The summed E-state index contributed by atoms with van der Waals surface area (Å²) in [7, 11) is 0. The van der Waals surface area contributed by atoms with E-state index in [0.717, 1.165) is 6.04 Å². The van der Waals surface area contributed by atoms with Gasteiger partial charge in [0.1, 0.15) is 0 Å². The van der Waals surface area contributed by atoms with E-state index in [0.29, 0.717) is 0 Å². The summed E-state index contributed by atoms with van der Waals surface area (Å²) < 4.78 is 1.29. The Morgan fingerprint density at radius 1 is 1.11 bits per heavy atom. The molecule has 0 radical (unpaired) electrons. The fourth-order valence-corrected chi connectivity index (χ4v) is 2.12. The third-order valence-corrected chi connectivity index (χ3v) is 3.71. The van der Waals surface area contributed by atoms with Crippen LogP contribution in [-0.4, -0.2) is 47.2 Å². The second-order valence-electron chi connectivity index (χ2n) is 4.37. The van der Waals surface area contributed by atoms with E-state index in [1.54, 1.807) is 0 Å². The Morgan fingerprint density at radius 3 is 1.56 bits per heavy atom. The Kier molecular flexibility index (Phi) is 10.6. The highest BCUT2D eigenvalue weighted by Crippen LogP contribution is 2.15. The lowest BCUT2D eigenvalue weighted by atomic mass is 10.1. The molecule has 1 N–H and O–H groups in total. The van der Waals surface area contributed by atoms with E-state index in [1.165, 1.54) is 30.5 Å². The molecule has 5 heteroatoms. The minimum atomic E-state index is -1.56. The van der Waals surface area contributed by atoms with Crippen LogP contribution >= 0.6 is 0 Å². The zero-order valence-electron chi connectivity index (χ0n) is 12.2. The zero-order chi connectivity index (χ0) is 14.8. The Balaban J connectivity index is 0. The van der Waals surface area contributed by atoms with Gasteiger partial charge in [0.2, 0.25) is 0 Å². The number of carboxylic acid groups (broad SMARTS) is 2. The lowest BCUT2D eigenvalue weighted by molar-refractivity contribution is -0.945. The van der Waals surface area contributed by atoms with Crippen LogP contribution in [0, 0.1) is 0 Å². The van der Waals surface area contributed by atoms with Crippen molar-refractivity contribution in [2.45, 2.75) is 53.5 Å². The first kappa shape index (κ1) is 19.2. The summed E-state index contributed by atoms with van der Waals surface area (Å²) in [5.41, 5.74) is 0. The van der Waals surface area contributed by atoms with Gasteiger partial charge in [-0.25, -0.2) is 0 Å². The molecule has 0 fully saturated rings. The summed E-state index contributed by atoms with van der Waals surface area (Å²) in [6.45, 7) is 15.4. The zero-order valence-corrected chi connectivity index (χ0v) is 12.2. The predicted octanol–water partition coefficient (Wildman–Crippen LogP) is 0.872. The van der Waals surface area contributed by atoms with Crippen LogP contribution in [0.2, 0.25) is 0 Å². The molecule has 18 heavy (non-hydrogen) atoms. The van der Waals surface area contributed by atoms with Gasteiger partial charge < -0.3 is 19.5 Å². The van der Waals surface area contributed by atoms with Gasteiger partial charge in [-0.05, 0) is 34.1 Å². The molecule has 0 amide bonds. The third kappa shape index (κ3) is 7.27. The van der Waals surface area contributed by atoms with E-state index in [1.807, 2.05) is 0 Å². The van der Waals surface area contributed by atoms with Gasteiger partial charge >= 0.3 is 5.97 Å². The summed E-state index contributed by atoms with van der Waals surface area (Å²) >= 11 is 0. The molecule has 1 unspecified atom stereocenters. The van der Waals surface area contributed by atoms with Gasteiger partial charge in [-0.15, -0.1) is 0 Å². The number of carbonyl (C=O) groups excluding carboxylic acids is 1. The molecule has 0 saturated heterocycles. The smallest absolute Gasteiger partial charge is 0.309 e. The molecule has 0 saturated carbocycles. The van der Waals surface area contributed by atoms with Gasteiger partial charge in [-0.3, -0.25) is 4.79 Å². The Labute approximate surface area is 110 Å². The Hall–Kier alpha value is -1.10. The number of quaternary nitrogens is 1. The van der Waals surface area contributed by atoms with Crippen molar-refractivity contribution in [3.05, 3.63) is 0 Å². The van der Waals surface area contributed by atoms with Gasteiger partial charge in [0.25, 0.3) is 0 Å². The summed E-state index contributed by atoms with van der Waals surface area (Å²) in [5.74, 6) is -2.94. The molecule has 0 aromatic carbocycles. The fraction of sp³-hybridized carbons (Fsp3) is 0.846. The molecule has 0 aromatic rings. The Bertz CT molecular complexity index is 229. The highest BCUT2D eigenvalue weighted by molar-refractivity contribution is 5.87. The number of aliphatic carboxylic acids is 2. The van der Waals surface area contributed by atoms with Crippen molar-refractivity contribution in [2.24, 2.45) is 0 Å². The highest BCUT2D eigenvalue weighted by atomic mass is 16.4. The van der Waals surface area contributed by atoms with Crippen molar-refractivity contribution in [3.63, 3.8) is 0 Å². The first-order chi connectivity index (χ1) is 8.29. The van der Waals surface area contributed by atoms with Gasteiger partial charge in [-0.1, -0.05) is 6.92 Å². The second-order valence-corrected chi connectivity index (χ2v) is 4.37. The monoisotopic (exact) mass is 261 g/mol. The highest BCUT2D eigenvalue weighted by Gasteiger charge is 2.26. The molecule has 0 rings (SSSR count). The number of rotatable bonds is 7. The minimum absolute atomic E-state index is 0.829. The van der Waals surface area contributed by atoms with Crippen LogP contribution in [0.5, 0.6) is 0 Å². The van der Waals surface area contributed by atoms with Gasteiger partial charge in [0, 0.05) is 0 Å². The minimum Gasteiger partial charge on any atom is -0.550 e. The fourth-order valence-electron chi connectivity index (χ4n) is 2.12. The molecule has 108 valence electrons. The van der Waals surface area contributed by atoms with Gasteiger partial charge in [0.15, 0.2) is 0 Å². The van der Waals surface area contributed by atoms with Crippen LogP contribution in [0.3, 0.4) is 0 Å². The van der Waals surface area contributed by atoms with E-state index in [-0.39, 0.29) is 0 Å². The van der Waals surface area contributed by atoms with E-state index < -0.39 is 18.4 Å². The van der Waals surface area contributed by atoms with Crippen LogP contribution in [-0.2, 0) is 9.59 Å². The summed E-state index contributed by atoms with van der Waals surface area (Å²) in [4.78, 5) is 18.7. The topological polar surface area (TPSA) is 77.4 Å². The molecule has 0 spiro atoms. The maximum Gasteiger partial charge on any atom is 0.309 e. The predicted molar refractivity (Wildman–Crippen MR) is 68.9 cm³/mol. The first-order valence-electron chi connectivity index (χ1n) is 6.56. The molecule has 0 aromatic heterocycles. The number of hydrogen-bond acceptors (Lipinski definition) is 3. The van der Waals surface area contributed by atoms with E-state index >= 15 is 0 Å². The van der Waals surface area contributed by atoms with Gasteiger partial charge in [-0.2, -0.15) is 0 Å². The van der Waals surface area contributed by atoms with Gasteiger partial charge in [0.05, 0.1) is 38.1 Å². The van der Waals surface area contributed by atoms with E-state index in [2.05, 4.69) is 34.6 Å². The summed E-state index contributed by atoms with van der Waals surface area (Å²) in [6.07, 6.45) is 0.384. The molecule has 5 nitrogen and oxygen atoms in total. The average molecular weight is 261 g/mol. The number of hydrogen-bond donors (Lipinski definition) is 1. The standard InChI is InChI=1S/C10H24N.C3H4O4/c1-6-10(5)11(7-2,8-3)9-4;4-2(5)1-3(6)7/h10H,6-9H2,1-5H3;1H2,(H,4,5)(H,6,7)/q+1;/p-1. The SMILES string of the molecule is CCC(C)[N+](CC)(CC)CC.O=C([O-])CC(=O)O. The maximum absolute atomic E-state index is 9.39. The number of carbonyl (C=O) groups is 2. The largest absolute Gasteiger partial charge is 0.550 e. The van der Waals surface area contributed by atoms with Crippen molar-refractivity contribution in [1.29, 1.82) is 0 Å². The molecule has 1 atom stereocenters. The molecule has 0 aliphatic carbocycles. The summed E-state index contributed by atoms with van der Waals surface area (Å²) in [5, 5.41) is 17.0. The lowest BCUT2D eigenvalue weighted by Crippen LogP contribution is -2.53. The van der Waals surface area contributed by atoms with E-state index in [4.69, 9.17) is 5.11 Å². The molecule has 0 aliphatic heterocycles. The van der Waals surface area contributed by atoms with Crippen molar-refractivity contribution in [1.82, 2.24) is 0 Å². The van der Waals surface area contributed by atoms with Crippen molar-refractivity contribution in [2.75, 3.05) is 19.6 Å². The quantitative estimate of drug-likeness (QED) is 0.545. The molecule has 0 bridgehead atoms. The normalized spacial score (nSPS) is 12.3. The van der Waals surface area contributed by atoms with Crippen LogP contribution in [0.15, 0.2) is 0 Å². The molecular formula is C13H27NO4. The van der Waals surface area contributed by atoms with Crippen molar-refractivity contribution in [3.8, 4) is 0 Å². The molecule has 0 heterocycles. The molecular weight excluding hydrogens is 234 g/mol. The second kappa shape index (κ2) is 9.88. The first-order valence-corrected chi connectivity index (χ1v) is 6.56. The average Bonchev–Trinajstić information content (AvgIpc) is 2.30. The van der Waals surface area contributed by atoms with Crippen LogP contribution in [0.4, 0.5) is 0 Å². The lowest BCUT2D eigenvalue weighted by Gasteiger charge is -2.41.